The molecule has 1 aliphatic carbocycles. The average Bonchev–Trinajstić information content (AvgIpc) is 3.11. The van der Waals surface area contributed by atoms with Gasteiger partial charge in [-0.05, 0) is 28.7 Å². The standard InChI is InChI=1S/C25H30N2O6/c1-25(2,23(30)27-21(15-32-3)22(28)29)12-13-26-24(31)33-14-20-18-10-6-4-8-16(18)17-9-5-7-11-19(17)20/h4-11,20-21H,12-15H2,1-3H3,(H,26,31)(H,27,30)(H,28,29)/t21-/m0/s1. The molecule has 1 atom stereocenters. The molecule has 0 aromatic heterocycles. The second-order valence-corrected chi connectivity index (χ2v) is 8.71. The van der Waals surface area contributed by atoms with Crippen LogP contribution in [0.4, 0.5) is 4.79 Å². The number of aliphatic carboxylic acids is 1. The lowest BCUT2D eigenvalue weighted by Crippen LogP contribution is -2.49. The Morgan fingerprint density at radius 3 is 2.15 bits per heavy atom. The van der Waals surface area contributed by atoms with Crippen LogP contribution in [0.1, 0.15) is 37.3 Å². The van der Waals surface area contributed by atoms with Crippen molar-refractivity contribution in [3.8, 4) is 11.1 Å². The quantitative estimate of drug-likeness (QED) is 0.508. The minimum Gasteiger partial charge on any atom is -0.480 e. The van der Waals surface area contributed by atoms with Crippen molar-refractivity contribution < 1.29 is 29.0 Å². The summed E-state index contributed by atoms with van der Waals surface area (Å²) >= 11 is 0. The van der Waals surface area contributed by atoms with E-state index in [0.29, 0.717) is 6.42 Å². The lowest BCUT2D eigenvalue weighted by Gasteiger charge is -2.25. The molecule has 33 heavy (non-hydrogen) atoms. The van der Waals surface area contributed by atoms with Crippen molar-refractivity contribution in [1.82, 2.24) is 10.6 Å². The first-order valence-corrected chi connectivity index (χ1v) is 10.9. The van der Waals surface area contributed by atoms with Gasteiger partial charge in [-0.25, -0.2) is 9.59 Å². The molecule has 0 spiro atoms. The zero-order valence-corrected chi connectivity index (χ0v) is 19.1. The molecule has 0 fully saturated rings. The molecule has 8 nitrogen and oxygen atoms in total. The third-order valence-electron chi connectivity index (χ3n) is 5.91. The van der Waals surface area contributed by atoms with E-state index in [4.69, 9.17) is 9.47 Å². The van der Waals surface area contributed by atoms with Crippen LogP contribution in [0.2, 0.25) is 0 Å². The van der Waals surface area contributed by atoms with Crippen molar-refractivity contribution in [2.75, 3.05) is 26.9 Å². The molecule has 0 unspecified atom stereocenters. The van der Waals surface area contributed by atoms with Gasteiger partial charge in [0.05, 0.1) is 6.61 Å². The van der Waals surface area contributed by atoms with E-state index in [9.17, 15) is 19.5 Å². The predicted molar refractivity (Wildman–Crippen MR) is 123 cm³/mol. The third-order valence-corrected chi connectivity index (χ3v) is 5.91. The number of rotatable bonds is 10. The Bertz CT molecular complexity index is 974. The van der Waals surface area contributed by atoms with Crippen molar-refractivity contribution in [3.63, 3.8) is 0 Å². The zero-order valence-electron chi connectivity index (χ0n) is 19.1. The molecule has 8 heteroatoms. The van der Waals surface area contributed by atoms with Crippen LogP contribution in [0.15, 0.2) is 48.5 Å². The first-order chi connectivity index (χ1) is 15.7. The number of nitrogens with one attached hydrogen (secondary N) is 2. The van der Waals surface area contributed by atoms with Crippen LogP contribution in [-0.4, -0.2) is 56.0 Å². The summed E-state index contributed by atoms with van der Waals surface area (Å²) in [6.45, 7) is 3.66. The maximum absolute atomic E-state index is 12.5. The Balaban J connectivity index is 1.50. The van der Waals surface area contributed by atoms with E-state index >= 15 is 0 Å². The van der Waals surface area contributed by atoms with Crippen LogP contribution in [-0.2, 0) is 19.1 Å². The van der Waals surface area contributed by atoms with Gasteiger partial charge in [0.25, 0.3) is 0 Å². The van der Waals surface area contributed by atoms with Gasteiger partial charge >= 0.3 is 12.1 Å². The van der Waals surface area contributed by atoms with E-state index in [-0.39, 0.29) is 25.7 Å². The van der Waals surface area contributed by atoms with Crippen LogP contribution in [0, 0.1) is 5.41 Å². The van der Waals surface area contributed by atoms with Crippen LogP contribution < -0.4 is 10.6 Å². The van der Waals surface area contributed by atoms with Gasteiger partial charge in [0, 0.05) is 25.0 Å². The number of carbonyl (C=O) groups excluding carboxylic acids is 2. The number of alkyl carbamates (subject to hydrolysis) is 1. The van der Waals surface area contributed by atoms with E-state index < -0.39 is 29.4 Å². The average molecular weight is 455 g/mol. The summed E-state index contributed by atoms with van der Waals surface area (Å²) in [4.78, 5) is 36.0. The number of fused-ring (bicyclic) bond motifs is 3. The molecule has 0 aliphatic heterocycles. The van der Waals surface area contributed by atoms with Gasteiger partial charge in [0.15, 0.2) is 6.04 Å². The lowest BCUT2D eigenvalue weighted by molar-refractivity contribution is -0.145. The minimum absolute atomic E-state index is 0.0286. The van der Waals surface area contributed by atoms with E-state index in [1.807, 2.05) is 24.3 Å². The first-order valence-electron chi connectivity index (χ1n) is 10.9. The number of hydrogen-bond donors (Lipinski definition) is 3. The van der Waals surface area contributed by atoms with E-state index in [1.54, 1.807) is 13.8 Å². The van der Waals surface area contributed by atoms with Crippen LogP contribution >= 0.6 is 0 Å². The number of ether oxygens (including phenoxy) is 2. The van der Waals surface area contributed by atoms with E-state index in [1.165, 1.54) is 7.11 Å². The molecule has 1 aliphatic rings. The van der Waals surface area contributed by atoms with Crippen molar-refractivity contribution in [2.45, 2.75) is 32.2 Å². The van der Waals surface area contributed by atoms with Crippen molar-refractivity contribution in [3.05, 3.63) is 59.7 Å². The van der Waals surface area contributed by atoms with Gasteiger partial charge in [0.2, 0.25) is 5.91 Å². The molecule has 0 heterocycles. The Morgan fingerprint density at radius 1 is 1.03 bits per heavy atom. The van der Waals surface area contributed by atoms with Crippen molar-refractivity contribution in [2.24, 2.45) is 5.41 Å². The zero-order chi connectivity index (χ0) is 24.0. The number of carbonyl (C=O) groups is 3. The molecule has 0 saturated heterocycles. The molecule has 2 amide bonds. The van der Waals surface area contributed by atoms with Gasteiger partial charge in [0.1, 0.15) is 6.61 Å². The minimum atomic E-state index is -1.17. The molecule has 0 bridgehead atoms. The lowest BCUT2D eigenvalue weighted by atomic mass is 9.88. The summed E-state index contributed by atoms with van der Waals surface area (Å²) in [5.74, 6) is -1.63. The fraction of sp³-hybridized carbons (Fsp3) is 0.400. The summed E-state index contributed by atoms with van der Waals surface area (Å²) in [6, 6.07) is 15.1. The third kappa shape index (κ3) is 5.70. The van der Waals surface area contributed by atoms with Crippen molar-refractivity contribution in [1.29, 1.82) is 0 Å². The van der Waals surface area contributed by atoms with Gasteiger partial charge in [-0.15, -0.1) is 0 Å². The Hall–Kier alpha value is -3.39. The molecule has 0 saturated carbocycles. The molecule has 2 aromatic carbocycles. The molecule has 2 aromatic rings. The smallest absolute Gasteiger partial charge is 0.407 e. The number of hydrogen-bond acceptors (Lipinski definition) is 5. The molecule has 3 rings (SSSR count). The molecular weight excluding hydrogens is 424 g/mol. The van der Waals surface area contributed by atoms with Gasteiger partial charge in [-0.1, -0.05) is 62.4 Å². The second-order valence-electron chi connectivity index (χ2n) is 8.71. The fourth-order valence-corrected chi connectivity index (χ4v) is 3.94. The topological polar surface area (TPSA) is 114 Å². The predicted octanol–water partition coefficient (Wildman–Crippen LogP) is 3.16. The van der Waals surface area contributed by atoms with Gasteiger partial charge in [-0.2, -0.15) is 0 Å². The Labute approximate surface area is 193 Å². The summed E-state index contributed by atoms with van der Waals surface area (Å²) in [5.41, 5.74) is 3.69. The summed E-state index contributed by atoms with van der Waals surface area (Å²) in [5, 5.41) is 14.3. The molecule has 3 N–H and O–H groups in total. The Morgan fingerprint density at radius 2 is 1.61 bits per heavy atom. The van der Waals surface area contributed by atoms with E-state index in [0.717, 1.165) is 22.3 Å². The number of benzene rings is 2. The first kappa shape index (κ1) is 24.3. The van der Waals surface area contributed by atoms with Crippen LogP contribution in [0.3, 0.4) is 0 Å². The second kappa shape index (κ2) is 10.5. The van der Waals surface area contributed by atoms with Crippen molar-refractivity contribution >= 4 is 18.0 Å². The highest BCUT2D eigenvalue weighted by Crippen LogP contribution is 2.44. The highest BCUT2D eigenvalue weighted by atomic mass is 16.5. The Kier molecular flexibility index (Phi) is 7.71. The normalized spacial score (nSPS) is 13.5. The molecule has 176 valence electrons. The van der Waals surface area contributed by atoms with Gasteiger partial charge < -0.3 is 25.2 Å². The SMILES string of the molecule is COC[C@H](NC(=O)C(C)(C)CCNC(=O)OCC1c2ccccc2-c2ccccc21)C(=O)O. The van der Waals surface area contributed by atoms with Crippen LogP contribution in [0.5, 0.6) is 0 Å². The number of carboxylic acid groups (broad SMARTS) is 1. The summed E-state index contributed by atoms with van der Waals surface area (Å²) < 4.78 is 10.3. The maximum Gasteiger partial charge on any atom is 0.407 e. The number of carboxylic acids is 1. The largest absolute Gasteiger partial charge is 0.480 e. The molecular formula is C25H30N2O6. The highest BCUT2D eigenvalue weighted by Gasteiger charge is 2.32. The number of amides is 2. The van der Waals surface area contributed by atoms with Gasteiger partial charge in [-0.3, -0.25) is 4.79 Å². The summed E-state index contributed by atoms with van der Waals surface area (Å²) in [6.07, 6.45) is -0.251. The molecule has 0 radical (unpaired) electrons. The summed E-state index contributed by atoms with van der Waals surface area (Å²) in [7, 11) is 1.37. The fourth-order valence-electron chi connectivity index (χ4n) is 3.94. The monoisotopic (exact) mass is 454 g/mol. The highest BCUT2D eigenvalue weighted by molar-refractivity contribution is 5.87. The number of methoxy groups -OCH3 is 1. The van der Waals surface area contributed by atoms with E-state index in [2.05, 4.69) is 34.9 Å². The van der Waals surface area contributed by atoms with Crippen LogP contribution in [0.25, 0.3) is 11.1 Å². The maximum atomic E-state index is 12.5.